The van der Waals surface area contributed by atoms with Gasteiger partial charge in [-0.25, -0.2) is 4.98 Å². The molecule has 0 bridgehead atoms. The normalized spacial score (nSPS) is 19.9. The number of nitrogens with zero attached hydrogens (tertiary/aromatic N) is 1. The molecule has 0 saturated heterocycles. The van der Waals surface area contributed by atoms with Crippen LogP contribution in [0.4, 0.5) is 0 Å². The van der Waals surface area contributed by atoms with E-state index in [1.807, 2.05) is 11.4 Å². The van der Waals surface area contributed by atoms with Crippen molar-refractivity contribution in [1.29, 1.82) is 0 Å². The number of hydrogen-bond acceptors (Lipinski definition) is 3. The maximum atomic E-state index is 10.2. The van der Waals surface area contributed by atoms with Gasteiger partial charge in [-0.05, 0) is 17.5 Å². The van der Waals surface area contributed by atoms with Gasteiger partial charge >= 0.3 is 0 Å². The van der Waals surface area contributed by atoms with Crippen LogP contribution in [0.1, 0.15) is 22.1 Å². The number of thiazole rings is 1. The number of rotatable bonds is 3. The van der Waals surface area contributed by atoms with Crippen molar-refractivity contribution in [2.45, 2.75) is 24.9 Å². The van der Waals surface area contributed by atoms with Crippen LogP contribution >= 0.6 is 11.3 Å². The van der Waals surface area contributed by atoms with Crippen molar-refractivity contribution in [1.82, 2.24) is 4.98 Å². The average molecular weight is 231 g/mol. The van der Waals surface area contributed by atoms with Crippen LogP contribution in [0.15, 0.2) is 35.8 Å². The lowest BCUT2D eigenvalue weighted by atomic mass is 9.74. The Labute approximate surface area is 98.6 Å². The molecule has 1 heterocycles. The van der Waals surface area contributed by atoms with Crippen LogP contribution in [0.25, 0.3) is 0 Å². The maximum Gasteiger partial charge on any atom is 0.0950 e. The third kappa shape index (κ3) is 1.66. The van der Waals surface area contributed by atoms with Crippen LogP contribution in [0.3, 0.4) is 0 Å². The summed E-state index contributed by atoms with van der Waals surface area (Å²) in [6, 6.07) is 8.36. The summed E-state index contributed by atoms with van der Waals surface area (Å²) in [6.45, 7) is 0. The Hall–Kier alpha value is -1.19. The molecule has 3 rings (SSSR count). The molecular formula is C13H13NOS. The van der Waals surface area contributed by atoms with Crippen molar-refractivity contribution in [3.63, 3.8) is 0 Å². The van der Waals surface area contributed by atoms with Gasteiger partial charge in [0.1, 0.15) is 0 Å². The molecule has 16 heavy (non-hydrogen) atoms. The predicted octanol–water partition coefficient (Wildman–Crippen LogP) is 2.39. The quantitative estimate of drug-likeness (QED) is 0.880. The highest BCUT2D eigenvalue weighted by Crippen LogP contribution is 2.38. The fourth-order valence-electron chi connectivity index (χ4n) is 2.32. The molecule has 3 heteroatoms. The van der Waals surface area contributed by atoms with E-state index in [9.17, 15) is 5.11 Å². The number of aromatic nitrogens is 1. The summed E-state index contributed by atoms with van der Waals surface area (Å²) in [7, 11) is 0. The number of fused-ring (bicyclic) bond motifs is 1. The second kappa shape index (κ2) is 4.00. The molecule has 2 nitrogen and oxygen atoms in total. The van der Waals surface area contributed by atoms with Crippen LogP contribution < -0.4 is 0 Å². The molecule has 0 fully saturated rings. The zero-order chi connectivity index (χ0) is 11.0. The number of hydrogen-bond donors (Lipinski definition) is 1. The summed E-state index contributed by atoms with van der Waals surface area (Å²) in [4.78, 5) is 4.21. The van der Waals surface area contributed by atoms with E-state index in [-0.39, 0.29) is 6.10 Å². The van der Waals surface area contributed by atoms with Crippen molar-refractivity contribution in [2.24, 2.45) is 0 Å². The maximum absolute atomic E-state index is 10.2. The average Bonchev–Trinajstić information content (AvgIpc) is 2.72. The highest BCUT2D eigenvalue weighted by atomic mass is 32.1. The van der Waals surface area contributed by atoms with E-state index in [0.29, 0.717) is 12.3 Å². The second-order valence-corrected chi connectivity index (χ2v) is 5.19. The molecule has 1 aliphatic rings. The Bertz CT molecular complexity index is 480. The molecule has 0 saturated carbocycles. The monoisotopic (exact) mass is 231 g/mol. The van der Waals surface area contributed by atoms with E-state index >= 15 is 0 Å². The molecule has 1 aromatic carbocycles. The first kappa shape index (κ1) is 10.00. The SMILES string of the molecule is OC(Cc1nccs1)C1Cc2ccccc21. The zero-order valence-corrected chi connectivity index (χ0v) is 9.65. The van der Waals surface area contributed by atoms with Crippen molar-refractivity contribution >= 4 is 11.3 Å². The Morgan fingerprint density at radius 1 is 1.44 bits per heavy atom. The third-order valence-corrected chi connectivity index (χ3v) is 4.03. The first-order valence-corrected chi connectivity index (χ1v) is 6.37. The summed E-state index contributed by atoms with van der Waals surface area (Å²) in [5.41, 5.74) is 2.69. The molecule has 2 atom stereocenters. The fraction of sp³-hybridized carbons (Fsp3) is 0.308. The molecule has 2 aromatic rings. The van der Waals surface area contributed by atoms with Gasteiger partial charge < -0.3 is 5.11 Å². The van der Waals surface area contributed by atoms with Gasteiger partial charge in [-0.15, -0.1) is 11.3 Å². The number of aliphatic hydroxyl groups excluding tert-OH is 1. The largest absolute Gasteiger partial charge is 0.392 e. The van der Waals surface area contributed by atoms with Gasteiger partial charge in [0.25, 0.3) is 0 Å². The van der Waals surface area contributed by atoms with E-state index in [2.05, 4.69) is 23.2 Å². The summed E-state index contributed by atoms with van der Waals surface area (Å²) in [5.74, 6) is 0.306. The molecule has 1 aromatic heterocycles. The molecule has 2 unspecified atom stereocenters. The van der Waals surface area contributed by atoms with E-state index in [1.54, 1.807) is 17.5 Å². The Morgan fingerprint density at radius 2 is 2.31 bits per heavy atom. The van der Waals surface area contributed by atoms with Crippen LogP contribution in [-0.4, -0.2) is 16.2 Å². The van der Waals surface area contributed by atoms with Gasteiger partial charge in [-0.3, -0.25) is 0 Å². The number of aliphatic hydroxyl groups is 1. The van der Waals surface area contributed by atoms with Crippen LogP contribution in [0, 0.1) is 0 Å². The summed E-state index contributed by atoms with van der Waals surface area (Å²) < 4.78 is 0. The van der Waals surface area contributed by atoms with E-state index in [4.69, 9.17) is 0 Å². The van der Waals surface area contributed by atoms with Crippen molar-refractivity contribution in [2.75, 3.05) is 0 Å². The minimum atomic E-state index is -0.291. The summed E-state index contributed by atoms with van der Waals surface area (Å²) in [6.07, 6.45) is 3.18. The molecule has 1 aliphatic carbocycles. The lowest BCUT2D eigenvalue weighted by molar-refractivity contribution is 0.133. The molecule has 0 amide bonds. The topological polar surface area (TPSA) is 33.1 Å². The van der Waals surface area contributed by atoms with Gasteiger partial charge in [0.05, 0.1) is 11.1 Å². The Balaban J connectivity index is 1.72. The summed E-state index contributed by atoms with van der Waals surface area (Å²) >= 11 is 1.61. The molecule has 0 spiro atoms. The zero-order valence-electron chi connectivity index (χ0n) is 8.84. The minimum absolute atomic E-state index is 0.291. The van der Waals surface area contributed by atoms with E-state index in [1.165, 1.54) is 11.1 Å². The molecule has 82 valence electrons. The van der Waals surface area contributed by atoms with Crippen LogP contribution in [0.5, 0.6) is 0 Å². The summed E-state index contributed by atoms with van der Waals surface area (Å²) in [5, 5.41) is 13.1. The highest BCUT2D eigenvalue weighted by Gasteiger charge is 2.31. The highest BCUT2D eigenvalue weighted by molar-refractivity contribution is 7.09. The number of benzene rings is 1. The fourth-order valence-corrected chi connectivity index (χ4v) is 2.98. The van der Waals surface area contributed by atoms with Gasteiger partial charge in [0.2, 0.25) is 0 Å². The smallest absolute Gasteiger partial charge is 0.0950 e. The lowest BCUT2D eigenvalue weighted by Gasteiger charge is -2.33. The first-order chi connectivity index (χ1) is 7.84. The second-order valence-electron chi connectivity index (χ2n) is 4.21. The lowest BCUT2D eigenvalue weighted by Crippen LogP contribution is -2.30. The van der Waals surface area contributed by atoms with Gasteiger partial charge in [0.15, 0.2) is 0 Å². The first-order valence-electron chi connectivity index (χ1n) is 5.49. The van der Waals surface area contributed by atoms with Crippen molar-refractivity contribution < 1.29 is 5.11 Å². The molecular weight excluding hydrogens is 218 g/mol. The minimum Gasteiger partial charge on any atom is -0.392 e. The van der Waals surface area contributed by atoms with Crippen LogP contribution in [-0.2, 0) is 12.8 Å². The van der Waals surface area contributed by atoms with E-state index in [0.717, 1.165) is 11.4 Å². The molecule has 0 aliphatic heterocycles. The Kier molecular flexibility index (Phi) is 2.50. The Morgan fingerprint density at radius 3 is 3.06 bits per heavy atom. The van der Waals surface area contributed by atoms with E-state index < -0.39 is 0 Å². The predicted molar refractivity (Wildman–Crippen MR) is 64.7 cm³/mol. The molecule has 0 radical (unpaired) electrons. The van der Waals surface area contributed by atoms with Crippen LogP contribution in [0.2, 0.25) is 0 Å². The standard InChI is InChI=1S/C13H13NOS/c15-12(8-13-14-5-6-16-13)11-7-9-3-1-2-4-10(9)11/h1-6,11-12,15H,7-8H2. The van der Waals surface area contributed by atoms with Gasteiger partial charge in [-0.1, -0.05) is 24.3 Å². The molecule has 1 N–H and O–H groups in total. The van der Waals surface area contributed by atoms with Gasteiger partial charge in [-0.2, -0.15) is 0 Å². The third-order valence-electron chi connectivity index (χ3n) is 3.23. The van der Waals surface area contributed by atoms with Crippen molar-refractivity contribution in [3.8, 4) is 0 Å². The van der Waals surface area contributed by atoms with Gasteiger partial charge in [0, 0.05) is 23.9 Å². The van der Waals surface area contributed by atoms with Crippen molar-refractivity contribution in [3.05, 3.63) is 52.0 Å².